The zero-order valence-corrected chi connectivity index (χ0v) is 17.2. The van der Waals surface area contributed by atoms with Crippen molar-refractivity contribution >= 4 is 11.0 Å². The summed E-state index contributed by atoms with van der Waals surface area (Å²) in [4.78, 5) is 8.53. The number of aryl methyl sites for hydroxylation is 2. The highest BCUT2D eigenvalue weighted by atomic mass is 16.6. The standard InChI is InChI=1S/C23H27N3O4/c1-13-15-10-11-26(21(15)25-12-24-13)22-19(28)23(2,29)20(30-22)18(27)17-9-5-7-14-6-3-4-8-16(14)17/h5,7,9-12,18-20,22,27-29H,3-4,6,8H2,1-2H3/t18-,19-,20+,22+,23-/m0/s1. The fourth-order valence-corrected chi connectivity index (χ4v) is 4.98. The lowest BCUT2D eigenvalue weighted by Gasteiger charge is -2.31. The minimum atomic E-state index is -1.64. The largest absolute Gasteiger partial charge is 0.386 e. The molecule has 1 aromatic carbocycles. The second-order valence-corrected chi connectivity index (χ2v) is 8.67. The number of aromatic nitrogens is 3. The second-order valence-electron chi connectivity index (χ2n) is 8.67. The van der Waals surface area contributed by atoms with E-state index in [1.165, 1.54) is 18.8 Å². The molecule has 0 amide bonds. The lowest BCUT2D eigenvalue weighted by molar-refractivity contribution is -0.115. The number of aliphatic hydroxyl groups is 3. The SMILES string of the molecule is Cc1ncnc2c1ccn2[C@@H]1O[C@H]([C@@H](O)c2cccc3c2CCCC3)[C@@](C)(O)[C@H]1O. The number of nitrogens with zero attached hydrogens (tertiary/aromatic N) is 3. The van der Waals surface area contributed by atoms with E-state index in [4.69, 9.17) is 4.74 Å². The number of rotatable bonds is 3. The van der Waals surface area contributed by atoms with Crippen molar-refractivity contribution in [2.45, 2.75) is 69.7 Å². The highest BCUT2D eigenvalue weighted by molar-refractivity contribution is 5.78. The summed E-state index contributed by atoms with van der Waals surface area (Å²) < 4.78 is 7.85. The van der Waals surface area contributed by atoms with Gasteiger partial charge >= 0.3 is 0 Å². The van der Waals surface area contributed by atoms with Crippen LogP contribution in [0.15, 0.2) is 36.8 Å². The molecule has 1 fully saturated rings. The third kappa shape index (κ3) is 2.88. The van der Waals surface area contributed by atoms with Gasteiger partial charge in [-0.1, -0.05) is 18.2 Å². The number of hydrogen-bond acceptors (Lipinski definition) is 6. The summed E-state index contributed by atoms with van der Waals surface area (Å²) in [5.74, 6) is 0. The fourth-order valence-electron chi connectivity index (χ4n) is 4.98. The van der Waals surface area contributed by atoms with E-state index in [-0.39, 0.29) is 0 Å². The molecule has 1 aliphatic carbocycles. The van der Waals surface area contributed by atoms with E-state index in [0.29, 0.717) is 5.65 Å². The van der Waals surface area contributed by atoms with Gasteiger partial charge < -0.3 is 24.6 Å². The zero-order valence-electron chi connectivity index (χ0n) is 17.2. The third-order valence-corrected chi connectivity index (χ3v) is 6.75. The smallest absolute Gasteiger partial charge is 0.164 e. The van der Waals surface area contributed by atoms with Gasteiger partial charge in [-0.2, -0.15) is 0 Å². The van der Waals surface area contributed by atoms with Gasteiger partial charge in [0.25, 0.3) is 0 Å². The van der Waals surface area contributed by atoms with Crippen molar-refractivity contribution in [3.63, 3.8) is 0 Å². The fraction of sp³-hybridized carbons (Fsp3) is 0.478. The molecule has 3 heterocycles. The molecular weight excluding hydrogens is 382 g/mol. The van der Waals surface area contributed by atoms with Gasteiger partial charge in [-0.15, -0.1) is 0 Å². The molecule has 2 aliphatic rings. The maximum absolute atomic E-state index is 11.3. The van der Waals surface area contributed by atoms with Gasteiger partial charge in [0, 0.05) is 11.6 Å². The van der Waals surface area contributed by atoms with Crippen molar-refractivity contribution < 1.29 is 20.1 Å². The number of ether oxygens (including phenoxy) is 1. The molecule has 0 spiro atoms. The first-order valence-corrected chi connectivity index (χ1v) is 10.5. The lowest BCUT2D eigenvalue weighted by atomic mass is 9.82. The number of fused-ring (bicyclic) bond motifs is 2. The summed E-state index contributed by atoms with van der Waals surface area (Å²) in [5, 5.41) is 34.3. The van der Waals surface area contributed by atoms with Crippen LogP contribution < -0.4 is 0 Å². The topological polar surface area (TPSA) is 101 Å². The molecule has 2 aromatic heterocycles. The van der Waals surface area contributed by atoms with Crippen molar-refractivity contribution in [1.82, 2.24) is 14.5 Å². The maximum atomic E-state index is 11.3. The predicted octanol–water partition coefficient (Wildman–Crippen LogP) is 2.36. The summed E-state index contributed by atoms with van der Waals surface area (Å²) in [5.41, 5.74) is 2.97. The molecule has 1 aliphatic heterocycles. The average Bonchev–Trinajstić information content (AvgIpc) is 3.27. The van der Waals surface area contributed by atoms with Crippen LogP contribution in [0.25, 0.3) is 11.0 Å². The van der Waals surface area contributed by atoms with E-state index in [1.807, 2.05) is 25.1 Å². The zero-order chi connectivity index (χ0) is 21.0. The summed E-state index contributed by atoms with van der Waals surface area (Å²) in [6.45, 7) is 3.41. The van der Waals surface area contributed by atoms with Crippen LogP contribution in [0.2, 0.25) is 0 Å². The normalized spacial score (nSPS) is 29.8. The van der Waals surface area contributed by atoms with E-state index in [1.54, 1.807) is 10.8 Å². The van der Waals surface area contributed by atoms with Crippen LogP contribution in [-0.2, 0) is 17.6 Å². The van der Waals surface area contributed by atoms with Crippen LogP contribution in [0.5, 0.6) is 0 Å². The Morgan fingerprint density at radius 1 is 1.20 bits per heavy atom. The van der Waals surface area contributed by atoms with Gasteiger partial charge in [0.05, 0.1) is 5.69 Å². The van der Waals surface area contributed by atoms with Crippen molar-refractivity contribution in [3.8, 4) is 0 Å². The summed E-state index contributed by atoms with van der Waals surface area (Å²) in [7, 11) is 0. The highest BCUT2D eigenvalue weighted by Gasteiger charge is 2.56. The Labute approximate surface area is 175 Å². The Morgan fingerprint density at radius 3 is 2.83 bits per heavy atom. The van der Waals surface area contributed by atoms with Gasteiger partial charge in [-0.3, -0.25) is 0 Å². The Balaban J connectivity index is 1.52. The minimum absolute atomic E-state index is 0.620. The first kappa shape index (κ1) is 19.6. The highest BCUT2D eigenvalue weighted by Crippen LogP contribution is 2.44. The van der Waals surface area contributed by atoms with Gasteiger partial charge in [0.15, 0.2) is 6.23 Å². The van der Waals surface area contributed by atoms with Crippen molar-refractivity contribution in [2.24, 2.45) is 0 Å². The Kier molecular flexibility index (Phi) is 4.67. The third-order valence-electron chi connectivity index (χ3n) is 6.75. The van der Waals surface area contributed by atoms with Crippen LogP contribution in [0.4, 0.5) is 0 Å². The molecule has 3 aromatic rings. The molecule has 0 unspecified atom stereocenters. The van der Waals surface area contributed by atoms with Gasteiger partial charge in [-0.25, -0.2) is 9.97 Å². The van der Waals surface area contributed by atoms with Crippen molar-refractivity contribution in [2.75, 3.05) is 0 Å². The molecule has 3 N–H and O–H groups in total. The molecule has 30 heavy (non-hydrogen) atoms. The number of benzene rings is 1. The molecule has 7 heteroatoms. The summed E-state index contributed by atoms with van der Waals surface area (Å²) >= 11 is 0. The van der Waals surface area contributed by atoms with Crippen LogP contribution in [0.3, 0.4) is 0 Å². The van der Waals surface area contributed by atoms with Crippen LogP contribution in [-0.4, -0.2) is 47.7 Å². The Bertz CT molecular complexity index is 1090. The Morgan fingerprint density at radius 2 is 2.00 bits per heavy atom. The average molecular weight is 409 g/mol. The maximum Gasteiger partial charge on any atom is 0.164 e. The quantitative estimate of drug-likeness (QED) is 0.614. The molecule has 158 valence electrons. The van der Waals surface area contributed by atoms with Crippen LogP contribution >= 0.6 is 0 Å². The van der Waals surface area contributed by atoms with E-state index in [9.17, 15) is 15.3 Å². The predicted molar refractivity (Wildman–Crippen MR) is 111 cm³/mol. The van der Waals surface area contributed by atoms with Gasteiger partial charge in [-0.05, 0) is 62.3 Å². The van der Waals surface area contributed by atoms with Gasteiger partial charge in [0.2, 0.25) is 0 Å². The van der Waals surface area contributed by atoms with E-state index in [0.717, 1.165) is 47.9 Å². The van der Waals surface area contributed by atoms with Crippen LogP contribution in [0.1, 0.15) is 54.5 Å². The van der Waals surface area contributed by atoms with Gasteiger partial charge in [0.1, 0.15) is 35.9 Å². The van der Waals surface area contributed by atoms with Crippen molar-refractivity contribution in [1.29, 1.82) is 0 Å². The van der Waals surface area contributed by atoms with Crippen LogP contribution in [0, 0.1) is 6.92 Å². The lowest BCUT2D eigenvalue weighted by Crippen LogP contribution is -2.47. The molecule has 0 bridgehead atoms. The Hall–Kier alpha value is -2.32. The molecule has 0 saturated carbocycles. The number of hydrogen-bond donors (Lipinski definition) is 3. The molecule has 1 saturated heterocycles. The monoisotopic (exact) mass is 409 g/mol. The first-order chi connectivity index (χ1) is 14.4. The second kappa shape index (κ2) is 7.13. The number of aliphatic hydroxyl groups excluding tert-OH is 2. The van der Waals surface area contributed by atoms with Crippen molar-refractivity contribution in [3.05, 3.63) is 59.2 Å². The first-order valence-electron chi connectivity index (χ1n) is 10.5. The summed E-state index contributed by atoms with van der Waals surface area (Å²) in [6, 6.07) is 7.81. The van der Waals surface area contributed by atoms with E-state index >= 15 is 0 Å². The van der Waals surface area contributed by atoms with E-state index < -0.39 is 30.1 Å². The molecule has 5 atom stereocenters. The van der Waals surface area contributed by atoms with E-state index in [2.05, 4.69) is 16.0 Å². The molecule has 5 rings (SSSR count). The summed E-state index contributed by atoms with van der Waals surface area (Å²) in [6.07, 6.45) is 3.24. The molecule has 7 nitrogen and oxygen atoms in total. The molecular formula is C23H27N3O4. The molecule has 0 radical (unpaired) electrons. The minimum Gasteiger partial charge on any atom is -0.386 e.